The van der Waals surface area contributed by atoms with Crippen LogP contribution in [0.4, 0.5) is 4.79 Å². The summed E-state index contributed by atoms with van der Waals surface area (Å²) in [4.78, 5) is 49.5. The lowest BCUT2D eigenvalue weighted by molar-refractivity contribution is -0.135. The Balaban J connectivity index is 1.70. The summed E-state index contributed by atoms with van der Waals surface area (Å²) in [5, 5.41) is 7.54. The van der Waals surface area contributed by atoms with Crippen LogP contribution in [0.2, 0.25) is 0 Å². The van der Waals surface area contributed by atoms with Gasteiger partial charge in [0.25, 0.3) is 5.91 Å². The average Bonchev–Trinajstić information content (AvgIpc) is 2.90. The Bertz CT molecular complexity index is 826. The van der Waals surface area contributed by atoms with E-state index < -0.39 is 29.9 Å². The number of carbonyl (C=O) groups excluding carboxylic acids is 4. The van der Waals surface area contributed by atoms with Crippen molar-refractivity contribution in [2.45, 2.75) is 19.4 Å². The van der Waals surface area contributed by atoms with Gasteiger partial charge < -0.3 is 25.4 Å². The zero-order valence-electron chi connectivity index (χ0n) is 15.7. The number of hydrogen-bond donors (Lipinski definition) is 3. The van der Waals surface area contributed by atoms with Crippen molar-refractivity contribution in [1.29, 1.82) is 0 Å². The van der Waals surface area contributed by atoms with Crippen molar-refractivity contribution in [2.24, 2.45) is 0 Å². The smallest absolute Gasteiger partial charge is 0.325 e. The molecule has 0 saturated carbocycles. The summed E-state index contributed by atoms with van der Waals surface area (Å²) >= 11 is 0. The average molecular weight is 390 g/mol. The number of imide groups is 1. The van der Waals surface area contributed by atoms with Crippen LogP contribution >= 0.6 is 0 Å². The number of hydrogen-bond acceptors (Lipinski definition) is 6. The minimum Gasteiger partial charge on any atom is -0.486 e. The Morgan fingerprint density at radius 1 is 1.14 bits per heavy atom. The van der Waals surface area contributed by atoms with E-state index in [-0.39, 0.29) is 12.5 Å². The number of amides is 5. The van der Waals surface area contributed by atoms with Gasteiger partial charge in [-0.05, 0) is 31.5 Å². The number of urea groups is 1. The van der Waals surface area contributed by atoms with E-state index in [4.69, 9.17) is 9.47 Å². The van der Waals surface area contributed by atoms with Crippen molar-refractivity contribution in [2.75, 3.05) is 32.8 Å². The third kappa shape index (κ3) is 3.71. The second-order valence-electron chi connectivity index (χ2n) is 6.54. The number of nitrogens with zero attached hydrogens (tertiary/aromatic N) is 1. The highest BCUT2D eigenvalue weighted by Gasteiger charge is 2.49. The molecule has 0 spiro atoms. The molecule has 10 nitrogen and oxygen atoms in total. The first-order valence-corrected chi connectivity index (χ1v) is 8.92. The van der Waals surface area contributed by atoms with E-state index in [1.807, 2.05) is 0 Å². The van der Waals surface area contributed by atoms with Crippen LogP contribution in [0.15, 0.2) is 18.2 Å². The van der Waals surface area contributed by atoms with E-state index >= 15 is 0 Å². The number of benzene rings is 1. The molecule has 3 N–H and O–H groups in total. The van der Waals surface area contributed by atoms with Gasteiger partial charge in [0.1, 0.15) is 25.3 Å². The number of fused-ring (bicyclic) bond motifs is 1. The zero-order chi connectivity index (χ0) is 20.3. The molecule has 1 fully saturated rings. The standard InChI is InChI=1S/C18H22N4O6/c1-3-19-14(23)9-20-15(24)10-22-16(25)18(2,21-17(22)26)11-4-5-12-13(8-11)28-7-6-27-12/h4-5,8H,3,6-7,9-10H2,1-2H3,(H,19,23)(H,20,24)(H,21,26)/t18-/m0/s1. The van der Waals surface area contributed by atoms with Crippen molar-refractivity contribution in [1.82, 2.24) is 20.9 Å². The highest BCUT2D eigenvalue weighted by atomic mass is 16.6. The summed E-state index contributed by atoms with van der Waals surface area (Å²) in [7, 11) is 0. The van der Waals surface area contributed by atoms with Gasteiger partial charge in [0.2, 0.25) is 11.8 Å². The van der Waals surface area contributed by atoms with Crippen LogP contribution in [0.3, 0.4) is 0 Å². The summed E-state index contributed by atoms with van der Waals surface area (Å²) in [6, 6.07) is 4.31. The molecule has 2 heterocycles. The van der Waals surface area contributed by atoms with Crippen LogP contribution in [0, 0.1) is 0 Å². The lowest BCUT2D eigenvalue weighted by Crippen LogP contribution is -2.45. The SMILES string of the molecule is CCNC(=O)CNC(=O)CN1C(=O)N[C@@](C)(c2ccc3c(c2)OCCO3)C1=O. The Morgan fingerprint density at radius 3 is 2.57 bits per heavy atom. The van der Waals surface area contributed by atoms with Gasteiger partial charge in [0.15, 0.2) is 11.5 Å². The van der Waals surface area contributed by atoms with Crippen LogP contribution in [0.5, 0.6) is 11.5 Å². The molecule has 28 heavy (non-hydrogen) atoms. The molecule has 0 radical (unpaired) electrons. The van der Waals surface area contributed by atoms with Crippen LogP contribution in [0.1, 0.15) is 19.4 Å². The summed E-state index contributed by atoms with van der Waals surface area (Å²) < 4.78 is 11.0. The normalized spacial score (nSPS) is 20.6. The molecule has 150 valence electrons. The first-order valence-electron chi connectivity index (χ1n) is 8.92. The molecule has 1 saturated heterocycles. The van der Waals surface area contributed by atoms with E-state index in [0.29, 0.717) is 36.8 Å². The summed E-state index contributed by atoms with van der Waals surface area (Å²) in [6.07, 6.45) is 0. The van der Waals surface area contributed by atoms with Gasteiger partial charge in [0, 0.05) is 6.54 Å². The maximum atomic E-state index is 12.9. The van der Waals surface area contributed by atoms with Gasteiger partial charge in [0.05, 0.1) is 6.54 Å². The molecule has 1 aromatic carbocycles. The van der Waals surface area contributed by atoms with Crippen molar-refractivity contribution < 1.29 is 28.7 Å². The highest BCUT2D eigenvalue weighted by Crippen LogP contribution is 2.36. The fourth-order valence-corrected chi connectivity index (χ4v) is 3.03. The second-order valence-corrected chi connectivity index (χ2v) is 6.54. The van der Waals surface area contributed by atoms with E-state index in [1.165, 1.54) is 0 Å². The van der Waals surface area contributed by atoms with Crippen molar-refractivity contribution in [3.63, 3.8) is 0 Å². The molecule has 0 aliphatic carbocycles. The third-order valence-electron chi connectivity index (χ3n) is 4.52. The van der Waals surface area contributed by atoms with Gasteiger partial charge >= 0.3 is 6.03 Å². The summed E-state index contributed by atoms with van der Waals surface area (Å²) in [6.45, 7) is 3.89. The van der Waals surface area contributed by atoms with Crippen LogP contribution in [-0.4, -0.2) is 61.5 Å². The Kier molecular flexibility index (Phi) is 5.39. The van der Waals surface area contributed by atoms with E-state index in [0.717, 1.165) is 4.90 Å². The van der Waals surface area contributed by atoms with Gasteiger partial charge in [-0.2, -0.15) is 0 Å². The zero-order valence-corrected chi connectivity index (χ0v) is 15.7. The maximum absolute atomic E-state index is 12.9. The lowest BCUT2D eigenvalue weighted by atomic mass is 9.91. The topological polar surface area (TPSA) is 126 Å². The second kappa shape index (κ2) is 7.75. The quantitative estimate of drug-likeness (QED) is 0.561. The molecule has 5 amide bonds. The first kappa shape index (κ1) is 19.5. The number of likely N-dealkylation sites (N-methyl/N-ethyl adjacent to an activating group) is 1. The highest BCUT2D eigenvalue weighted by molar-refractivity contribution is 6.09. The van der Waals surface area contributed by atoms with Gasteiger partial charge in [-0.3, -0.25) is 19.3 Å². The molecule has 0 bridgehead atoms. The third-order valence-corrected chi connectivity index (χ3v) is 4.52. The molecule has 3 rings (SSSR count). The Hall–Kier alpha value is -3.30. The predicted octanol–water partition coefficient (Wildman–Crippen LogP) is -0.523. The minimum atomic E-state index is -1.34. The molecular weight excluding hydrogens is 368 g/mol. The molecule has 2 aliphatic heterocycles. The van der Waals surface area contributed by atoms with Crippen molar-refractivity contribution in [3.05, 3.63) is 23.8 Å². The van der Waals surface area contributed by atoms with Crippen LogP contribution in [0.25, 0.3) is 0 Å². The number of rotatable bonds is 6. The number of nitrogens with one attached hydrogen (secondary N) is 3. The fourth-order valence-electron chi connectivity index (χ4n) is 3.03. The van der Waals surface area contributed by atoms with Gasteiger partial charge in [-0.25, -0.2) is 4.79 Å². The Labute approximate surface area is 161 Å². The summed E-state index contributed by atoms with van der Waals surface area (Å²) in [5.41, 5.74) is -0.826. The Morgan fingerprint density at radius 2 is 1.86 bits per heavy atom. The minimum absolute atomic E-state index is 0.226. The monoisotopic (exact) mass is 390 g/mol. The largest absolute Gasteiger partial charge is 0.486 e. The molecule has 2 aliphatic rings. The fraction of sp³-hybridized carbons (Fsp3) is 0.444. The molecule has 1 aromatic rings. The van der Waals surface area contributed by atoms with Crippen molar-refractivity contribution >= 4 is 23.8 Å². The van der Waals surface area contributed by atoms with Crippen LogP contribution in [-0.2, 0) is 19.9 Å². The van der Waals surface area contributed by atoms with Gasteiger partial charge in [-0.15, -0.1) is 0 Å². The maximum Gasteiger partial charge on any atom is 0.325 e. The van der Waals surface area contributed by atoms with E-state index in [1.54, 1.807) is 32.0 Å². The van der Waals surface area contributed by atoms with E-state index in [9.17, 15) is 19.2 Å². The van der Waals surface area contributed by atoms with Gasteiger partial charge in [-0.1, -0.05) is 6.07 Å². The lowest BCUT2D eigenvalue weighted by Gasteiger charge is -2.25. The number of carbonyl (C=O) groups is 4. The molecule has 0 unspecified atom stereocenters. The van der Waals surface area contributed by atoms with Crippen LogP contribution < -0.4 is 25.4 Å². The molecule has 10 heteroatoms. The molecule has 1 atom stereocenters. The predicted molar refractivity (Wildman–Crippen MR) is 96.7 cm³/mol. The molecule has 0 aromatic heterocycles. The molecular formula is C18H22N4O6. The number of ether oxygens (including phenoxy) is 2. The summed E-state index contributed by atoms with van der Waals surface area (Å²) in [5.74, 6) is -0.472. The first-order chi connectivity index (χ1) is 13.3. The van der Waals surface area contributed by atoms with E-state index in [2.05, 4.69) is 16.0 Å². The van der Waals surface area contributed by atoms with Crippen molar-refractivity contribution in [3.8, 4) is 11.5 Å².